The van der Waals surface area contributed by atoms with Gasteiger partial charge >= 0.3 is 0 Å². The lowest BCUT2D eigenvalue weighted by Crippen LogP contribution is -2.45. The number of hydrogen-bond donors (Lipinski definition) is 1. The second-order valence-electron chi connectivity index (χ2n) is 5.79. The molecule has 0 amide bonds. The monoisotopic (exact) mass is 390 g/mol. The minimum absolute atomic E-state index is 0.118. The van der Waals surface area contributed by atoms with Crippen LogP contribution in [0.2, 0.25) is 0 Å². The fraction of sp³-hybridized carbons (Fsp3) is 0.368. The van der Waals surface area contributed by atoms with Crippen LogP contribution in [0, 0.1) is 0 Å². The molecule has 0 saturated carbocycles. The van der Waals surface area contributed by atoms with Gasteiger partial charge in [0.15, 0.2) is 11.5 Å². The van der Waals surface area contributed by atoms with Crippen LogP contribution in [-0.4, -0.2) is 45.3 Å². The molecule has 1 unspecified atom stereocenters. The zero-order valence-electron chi connectivity index (χ0n) is 14.1. The second kappa shape index (κ2) is 8.01. The first-order valence-electron chi connectivity index (χ1n) is 8.16. The van der Waals surface area contributed by atoms with E-state index in [0.29, 0.717) is 0 Å². The number of methoxy groups -OCH3 is 2. The molecule has 4 nitrogen and oxygen atoms in total. The summed E-state index contributed by atoms with van der Waals surface area (Å²) in [5.41, 5.74) is 2.37. The van der Waals surface area contributed by atoms with E-state index < -0.39 is 0 Å². The van der Waals surface area contributed by atoms with Gasteiger partial charge in [0.1, 0.15) is 0 Å². The molecule has 0 aromatic heterocycles. The zero-order chi connectivity index (χ0) is 16.9. The Balaban J connectivity index is 2.13. The molecule has 1 N–H and O–H groups in total. The van der Waals surface area contributed by atoms with Crippen molar-refractivity contribution in [3.05, 3.63) is 58.1 Å². The Hall–Kier alpha value is -1.56. The number of ether oxygens (including phenoxy) is 2. The highest BCUT2D eigenvalue weighted by Crippen LogP contribution is 2.41. The highest BCUT2D eigenvalue weighted by atomic mass is 79.9. The smallest absolute Gasteiger partial charge is 0.165 e. The molecule has 1 heterocycles. The summed E-state index contributed by atoms with van der Waals surface area (Å²) in [5, 5.41) is 3.43. The minimum atomic E-state index is 0.118. The number of halogens is 1. The summed E-state index contributed by atoms with van der Waals surface area (Å²) in [6.07, 6.45) is 0. The van der Waals surface area contributed by atoms with Crippen molar-refractivity contribution in [2.75, 3.05) is 40.4 Å². The lowest BCUT2D eigenvalue weighted by molar-refractivity contribution is 0.194. The van der Waals surface area contributed by atoms with Gasteiger partial charge in [-0.15, -0.1) is 0 Å². The van der Waals surface area contributed by atoms with E-state index in [9.17, 15) is 0 Å². The third-order valence-electron chi connectivity index (χ3n) is 4.44. The Morgan fingerprint density at radius 1 is 0.958 bits per heavy atom. The maximum atomic E-state index is 5.72. The van der Waals surface area contributed by atoms with Crippen molar-refractivity contribution in [3.63, 3.8) is 0 Å². The van der Waals surface area contributed by atoms with E-state index in [1.807, 2.05) is 18.2 Å². The van der Waals surface area contributed by atoms with E-state index >= 15 is 0 Å². The average Bonchev–Trinajstić information content (AvgIpc) is 2.64. The van der Waals surface area contributed by atoms with Gasteiger partial charge in [0.25, 0.3) is 0 Å². The molecule has 1 fully saturated rings. The van der Waals surface area contributed by atoms with Gasteiger partial charge in [-0.25, -0.2) is 0 Å². The van der Waals surface area contributed by atoms with E-state index in [1.54, 1.807) is 14.2 Å². The molecule has 128 valence electrons. The topological polar surface area (TPSA) is 33.7 Å². The van der Waals surface area contributed by atoms with Crippen LogP contribution in [-0.2, 0) is 0 Å². The zero-order valence-corrected chi connectivity index (χ0v) is 15.7. The van der Waals surface area contributed by atoms with Crippen LogP contribution in [0.1, 0.15) is 17.2 Å². The first kappa shape index (κ1) is 17.3. The van der Waals surface area contributed by atoms with Gasteiger partial charge < -0.3 is 14.8 Å². The number of nitrogens with one attached hydrogen (secondary N) is 1. The molecule has 0 bridgehead atoms. The van der Waals surface area contributed by atoms with Crippen molar-refractivity contribution in [3.8, 4) is 11.5 Å². The lowest BCUT2D eigenvalue weighted by atomic mass is 9.95. The summed E-state index contributed by atoms with van der Waals surface area (Å²) in [6.45, 7) is 3.97. The largest absolute Gasteiger partial charge is 0.493 e. The maximum absolute atomic E-state index is 5.72. The summed E-state index contributed by atoms with van der Waals surface area (Å²) in [5.74, 6) is 1.57. The quantitative estimate of drug-likeness (QED) is 0.847. The molecule has 24 heavy (non-hydrogen) atoms. The van der Waals surface area contributed by atoms with Gasteiger partial charge in [0.2, 0.25) is 0 Å². The van der Waals surface area contributed by atoms with Gasteiger partial charge in [0, 0.05) is 36.2 Å². The normalized spacial score (nSPS) is 16.6. The highest BCUT2D eigenvalue weighted by Gasteiger charge is 2.29. The van der Waals surface area contributed by atoms with E-state index in [4.69, 9.17) is 9.47 Å². The summed E-state index contributed by atoms with van der Waals surface area (Å²) < 4.78 is 12.3. The average molecular weight is 391 g/mol. The Bertz CT molecular complexity index is 687. The molecule has 1 saturated heterocycles. The molecule has 0 spiro atoms. The van der Waals surface area contributed by atoms with Gasteiger partial charge in [-0.05, 0) is 17.7 Å². The van der Waals surface area contributed by atoms with Crippen molar-refractivity contribution in [2.24, 2.45) is 0 Å². The fourth-order valence-electron chi connectivity index (χ4n) is 3.33. The Labute approximate surface area is 151 Å². The highest BCUT2D eigenvalue weighted by molar-refractivity contribution is 9.10. The van der Waals surface area contributed by atoms with Gasteiger partial charge in [0.05, 0.1) is 20.3 Å². The predicted octanol–water partition coefficient (Wildman–Crippen LogP) is 3.46. The number of nitrogens with zero attached hydrogens (tertiary/aromatic N) is 1. The minimum Gasteiger partial charge on any atom is -0.493 e. The number of piperazine rings is 1. The fourth-order valence-corrected chi connectivity index (χ4v) is 3.83. The van der Waals surface area contributed by atoms with Crippen LogP contribution < -0.4 is 14.8 Å². The molecular weight excluding hydrogens is 368 g/mol. The van der Waals surface area contributed by atoms with Crippen LogP contribution >= 0.6 is 15.9 Å². The van der Waals surface area contributed by atoms with Crippen molar-refractivity contribution in [2.45, 2.75) is 6.04 Å². The summed E-state index contributed by atoms with van der Waals surface area (Å²) in [4.78, 5) is 2.49. The third kappa shape index (κ3) is 3.43. The molecule has 1 aliphatic heterocycles. The van der Waals surface area contributed by atoms with Crippen LogP contribution in [0.25, 0.3) is 0 Å². The number of rotatable bonds is 5. The van der Waals surface area contributed by atoms with E-state index in [1.165, 1.54) is 5.56 Å². The van der Waals surface area contributed by atoms with Crippen molar-refractivity contribution >= 4 is 15.9 Å². The summed E-state index contributed by atoms with van der Waals surface area (Å²) in [6, 6.07) is 14.6. The first-order chi connectivity index (χ1) is 11.8. The van der Waals surface area contributed by atoms with Crippen LogP contribution in [0.4, 0.5) is 0 Å². The first-order valence-corrected chi connectivity index (χ1v) is 8.95. The molecule has 0 aliphatic carbocycles. The molecule has 5 heteroatoms. The Morgan fingerprint density at radius 2 is 1.67 bits per heavy atom. The molecule has 3 rings (SSSR count). The van der Waals surface area contributed by atoms with E-state index in [0.717, 1.165) is 47.7 Å². The number of hydrogen-bond acceptors (Lipinski definition) is 4. The predicted molar refractivity (Wildman–Crippen MR) is 100.0 cm³/mol. The van der Waals surface area contributed by atoms with Crippen LogP contribution in [0.3, 0.4) is 0 Å². The van der Waals surface area contributed by atoms with Gasteiger partial charge in [-0.1, -0.05) is 46.3 Å². The van der Waals surface area contributed by atoms with Gasteiger partial charge in [-0.2, -0.15) is 0 Å². The lowest BCUT2D eigenvalue weighted by Gasteiger charge is -2.36. The van der Waals surface area contributed by atoms with Crippen molar-refractivity contribution in [1.29, 1.82) is 0 Å². The van der Waals surface area contributed by atoms with E-state index in [2.05, 4.69) is 50.4 Å². The second-order valence-corrected chi connectivity index (χ2v) is 6.65. The standard InChI is InChI=1S/C19H23BrN2O2/c1-23-17-9-5-7-15(19(17)24-2)18(22-12-10-21-11-13-22)14-6-3-4-8-16(14)20/h3-9,18,21H,10-13H2,1-2H3. The third-order valence-corrected chi connectivity index (χ3v) is 5.17. The van der Waals surface area contributed by atoms with Crippen molar-refractivity contribution < 1.29 is 9.47 Å². The molecule has 2 aromatic rings. The van der Waals surface area contributed by atoms with Gasteiger partial charge in [-0.3, -0.25) is 4.90 Å². The number of para-hydroxylation sites is 1. The molecule has 0 radical (unpaired) electrons. The molecule has 1 aliphatic rings. The summed E-state index contributed by atoms with van der Waals surface area (Å²) >= 11 is 3.73. The van der Waals surface area contributed by atoms with E-state index in [-0.39, 0.29) is 6.04 Å². The molecule has 2 aromatic carbocycles. The SMILES string of the molecule is COc1cccc(C(c2ccccc2Br)N2CCNCC2)c1OC. The molecule has 1 atom stereocenters. The van der Waals surface area contributed by atoms with Crippen molar-refractivity contribution in [1.82, 2.24) is 10.2 Å². The van der Waals surface area contributed by atoms with Crippen LogP contribution in [0.5, 0.6) is 11.5 Å². The Morgan fingerprint density at radius 3 is 2.33 bits per heavy atom. The number of benzene rings is 2. The molecular formula is C19H23BrN2O2. The maximum Gasteiger partial charge on any atom is 0.165 e. The summed E-state index contributed by atoms with van der Waals surface area (Å²) in [7, 11) is 3.39. The Kier molecular flexibility index (Phi) is 5.76. The van der Waals surface area contributed by atoms with Crippen LogP contribution in [0.15, 0.2) is 46.9 Å².